The summed E-state index contributed by atoms with van der Waals surface area (Å²) in [4.78, 5) is 36.8. The molecule has 164 valence electrons. The van der Waals surface area contributed by atoms with Crippen LogP contribution in [0.3, 0.4) is 0 Å². The number of para-hydroxylation sites is 1. The molecule has 0 atom stereocenters. The van der Waals surface area contributed by atoms with Gasteiger partial charge in [-0.2, -0.15) is 13.2 Å². The average Bonchev–Trinajstić information content (AvgIpc) is 2.71. The van der Waals surface area contributed by atoms with Gasteiger partial charge in [0.05, 0.1) is 22.8 Å². The van der Waals surface area contributed by atoms with Crippen molar-refractivity contribution >= 4 is 41.1 Å². The minimum absolute atomic E-state index is 0.289. The Bertz CT molecular complexity index is 975. The topological polar surface area (TPSA) is 75.7 Å². The fraction of sp³-hybridized carbons (Fsp3) is 0.190. The van der Waals surface area contributed by atoms with Gasteiger partial charge in [-0.25, -0.2) is 4.79 Å². The number of hydrogen-bond acceptors (Lipinski definition) is 4. The summed E-state index contributed by atoms with van der Waals surface area (Å²) in [5.41, 5.74) is -0.0566. The highest BCUT2D eigenvalue weighted by molar-refractivity contribution is 6.33. The lowest BCUT2D eigenvalue weighted by atomic mass is 10.1. The van der Waals surface area contributed by atoms with E-state index in [0.29, 0.717) is 16.3 Å². The lowest BCUT2D eigenvalue weighted by molar-refractivity contribution is -0.148. The maximum Gasteiger partial charge on any atom is 0.416 e. The zero-order chi connectivity index (χ0) is 23.0. The molecule has 0 bridgehead atoms. The molecule has 2 aromatic carbocycles. The number of rotatable bonds is 7. The predicted octanol–water partition coefficient (Wildman–Crippen LogP) is 4.01. The number of esters is 1. The van der Waals surface area contributed by atoms with Gasteiger partial charge in [-0.05, 0) is 35.9 Å². The zero-order valence-electron chi connectivity index (χ0n) is 16.3. The van der Waals surface area contributed by atoms with Crippen LogP contribution in [0, 0.1) is 0 Å². The number of nitrogens with zero attached hydrogens (tertiary/aromatic N) is 1. The molecule has 31 heavy (non-hydrogen) atoms. The van der Waals surface area contributed by atoms with E-state index in [1.54, 1.807) is 24.3 Å². The molecule has 0 heterocycles. The van der Waals surface area contributed by atoms with Crippen LogP contribution in [0.4, 0.5) is 18.9 Å². The molecule has 0 spiro atoms. The van der Waals surface area contributed by atoms with E-state index in [9.17, 15) is 27.6 Å². The van der Waals surface area contributed by atoms with Crippen LogP contribution >= 0.6 is 11.6 Å². The Morgan fingerprint density at radius 1 is 1.10 bits per heavy atom. The molecule has 0 aromatic heterocycles. The highest BCUT2D eigenvalue weighted by atomic mass is 35.5. The molecule has 0 aliphatic rings. The number of hydrogen-bond donors (Lipinski definition) is 1. The number of alkyl halides is 3. The van der Waals surface area contributed by atoms with Gasteiger partial charge in [-0.1, -0.05) is 35.9 Å². The van der Waals surface area contributed by atoms with Crippen molar-refractivity contribution in [2.75, 3.05) is 25.5 Å². The van der Waals surface area contributed by atoms with Crippen LogP contribution in [-0.4, -0.2) is 42.9 Å². The molecule has 2 aromatic rings. The SMILES string of the molecule is CN(CC(=O)Nc1ccccc1Cl)C(=O)COC(=O)C=Cc1ccc(C(F)(F)F)cc1. The maximum absolute atomic E-state index is 12.5. The van der Waals surface area contributed by atoms with E-state index in [4.69, 9.17) is 16.3 Å². The van der Waals surface area contributed by atoms with Gasteiger partial charge in [0.25, 0.3) is 5.91 Å². The van der Waals surface area contributed by atoms with Crippen LogP contribution in [0.5, 0.6) is 0 Å². The van der Waals surface area contributed by atoms with Crippen LogP contribution in [-0.2, 0) is 25.3 Å². The Labute approximate surface area is 181 Å². The number of amides is 2. The minimum atomic E-state index is -4.45. The number of carbonyl (C=O) groups is 3. The first-order valence-corrected chi connectivity index (χ1v) is 9.24. The van der Waals surface area contributed by atoms with Crippen LogP contribution in [0.2, 0.25) is 5.02 Å². The maximum atomic E-state index is 12.5. The van der Waals surface area contributed by atoms with Gasteiger partial charge in [-0.3, -0.25) is 9.59 Å². The first kappa shape index (κ1) is 23.9. The van der Waals surface area contributed by atoms with Crippen LogP contribution in [0.15, 0.2) is 54.6 Å². The van der Waals surface area contributed by atoms with Crippen molar-refractivity contribution < 1.29 is 32.3 Å². The summed E-state index contributed by atoms with van der Waals surface area (Å²) in [5, 5.41) is 2.90. The fourth-order valence-corrected chi connectivity index (χ4v) is 2.48. The van der Waals surface area contributed by atoms with Crippen molar-refractivity contribution in [3.63, 3.8) is 0 Å². The molecule has 0 fully saturated rings. The van der Waals surface area contributed by atoms with Crippen LogP contribution < -0.4 is 5.32 Å². The summed E-state index contributed by atoms with van der Waals surface area (Å²) in [5.74, 6) is -1.97. The number of likely N-dealkylation sites (N-methyl/N-ethyl adjacent to an activating group) is 1. The third-order valence-corrected chi connectivity index (χ3v) is 4.27. The van der Waals surface area contributed by atoms with Crippen molar-refractivity contribution in [1.82, 2.24) is 4.90 Å². The van der Waals surface area contributed by atoms with E-state index in [2.05, 4.69) is 5.32 Å². The lowest BCUT2D eigenvalue weighted by Crippen LogP contribution is -2.37. The van der Waals surface area contributed by atoms with Crippen molar-refractivity contribution in [3.05, 3.63) is 70.8 Å². The third-order valence-electron chi connectivity index (χ3n) is 3.94. The first-order valence-electron chi connectivity index (χ1n) is 8.86. The highest BCUT2D eigenvalue weighted by Gasteiger charge is 2.29. The Hall–Kier alpha value is -3.33. The molecular formula is C21H18ClF3N2O4. The smallest absolute Gasteiger partial charge is 0.416 e. The zero-order valence-corrected chi connectivity index (χ0v) is 17.0. The molecule has 0 saturated carbocycles. The second-order valence-electron chi connectivity index (χ2n) is 6.34. The Balaban J connectivity index is 1.79. The van der Waals surface area contributed by atoms with Gasteiger partial charge < -0.3 is 15.0 Å². The summed E-state index contributed by atoms with van der Waals surface area (Å²) in [6.07, 6.45) is -2.20. The quantitative estimate of drug-likeness (QED) is 0.506. The number of halogens is 4. The molecular weight excluding hydrogens is 437 g/mol. The van der Waals surface area contributed by atoms with Crippen molar-refractivity contribution in [2.45, 2.75) is 6.18 Å². The number of ether oxygens (including phenoxy) is 1. The Kier molecular flexibility index (Phi) is 8.21. The highest BCUT2D eigenvalue weighted by Crippen LogP contribution is 2.29. The molecule has 0 aliphatic carbocycles. The van der Waals surface area contributed by atoms with E-state index in [-0.39, 0.29) is 6.54 Å². The van der Waals surface area contributed by atoms with E-state index in [1.807, 2.05) is 0 Å². The standard InChI is InChI=1S/C21H18ClF3N2O4/c1-27(12-18(28)26-17-5-3-2-4-16(17)22)19(29)13-31-20(30)11-8-14-6-9-15(10-7-14)21(23,24)25/h2-11H,12-13H2,1H3,(H,26,28). The summed E-state index contributed by atoms with van der Waals surface area (Å²) in [6.45, 7) is -0.894. The van der Waals surface area contributed by atoms with Gasteiger partial charge in [0, 0.05) is 13.1 Å². The second kappa shape index (κ2) is 10.6. The number of nitrogens with one attached hydrogen (secondary N) is 1. The van der Waals surface area contributed by atoms with Crippen LogP contribution in [0.1, 0.15) is 11.1 Å². The minimum Gasteiger partial charge on any atom is -0.452 e. The average molecular weight is 455 g/mol. The van der Waals surface area contributed by atoms with Crippen molar-refractivity contribution in [3.8, 4) is 0 Å². The van der Waals surface area contributed by atoms with Crippen LogP contribution in [0.25, 0.3) is 6.08 Å². The number of carbonyl (C=O) groups excluding carboxylic acids is 3. The summed E-state index contributed by atoms with van der Waals surface area (Å²) in [7, 11) is 1.36. The summed E-state index contributed by atoms with van der Waals surface area (Å²) >= 11 is 5.94. The molecule has 6 nitrogen and oxygen atoms in total. The summed E-state index contributed by atoms with van der Waals surface area (Å²) in [6, 6.07) is 10.8. The third kappa shape index (κ3) is 7.78. The van der Waals surface area contributed by atoms with Crippen molar-refractivity contribution in [2.24, 2.45) is 0 Å². The van der Waals surface area contributed by atoms with E-state index in [1.165, 1.54) is 25.3 Å². The lowest BCUT2D eigenvalue weighted by Gasteiger charge is -2.16. The molecule has 0 unspecified atom stereocenters. The second-order valence-corrected chi connectivity index (χ2v) is 6.75. The Morgan fingerprint density at radius 2 is 1.74 bits per heavy atom. The van der Waals surface area contributed by atoms with Gasteiger partial charge in [-0.15, -0.1) is 0 Å². The largest absolute Gasteiger partial charge is 0.452 e. The monoisotopic (exact) mass is 454 g/mol. The Morgan fingerprint density at radius 3 is 2.35 bits per heavy atom. The van der Waals surface area contributed by atoms with E-state index >= 15 is 0 Å². The number of benzene rings is 2. The van der Waals surface area contributed by atoms with E-state index < -0.39 is 36.1 Å². The molecule has 2 rings (SSSR count). The van der Waals surface area contributed by atoms with Gasteiger partial charge in [0.1, 0.15) is 0 Å². The van der Waals surface area contributed by atoms with Gasteiger partial charge in [0.15, 0.2) is 6.61 Å². The fourth-order valence-electron chi connectivity index (χ4n) is 2.29. The number of anilines is 1. The molecule has 0 radical (unpaired) electrons. The van der Waals surface area contributed by atoms with Gasteiger partial charge >= 0.3 is 12.1 Å². The predicted molar refractivity (Wildman–Crippen MR) is 109 cm³/mol. The van der Waals surface area contributed by atoms with Gasteiger partial charge in [0.2, 0.25) is 5.91 Å². The molecule has 0 saturated heterocycles. The normalized spacial score (nSPS) is 11.3. The summed E-state index contributed by atoms with van der Waals surface area (Å²) < 4.78 is 42.4. The molecule has 0 aliphatic heterocycles. The molecule has 10 heteroatoms. The van der Waals surface area contributed by atoms with E-state index in [0.717, 1.165) is 23.1 Å². The van der Waals surface area contributed by atoms with Crippen molar-refractivity contribution in [1.29, 1.82) is 0 Å². The molecule has 2 amide bonds. The first-order chi connectivity index (χ1) is 14.6. The molecule has 1 N–H and O–H groups in total.